The highest BCUT2D eigenvalue weighted by atomic mass is 16.2. The molecule has 4 amide bonds. The fourth-order valence-corrected chi connectivity index (χ4v) is 6.87. The SMILES string of the molecule is CCNC(=O)CN(C)C(=O)[C@H]1C2c3ccccc3C(c3ccccc32)[C@H]1C(=O)N(C)[C@@H](Cc1ccccc1)C(=O)NC. The molecule has 6 rings (SSSR count). The van der Waals surface area contributed by atoms with Crippen molar-refractivity contribution in [3.63, 3.8) is 0 Å². The minimum Gasteiger partial charge on any atom is -0.357 e. The molecule has 0 aliphatic heterocycles. The van der Waals surface area contributed by atoms with Crippen LogP contribution in [0.4, 0.5) is 0 Å². The molecule has 3 atom stereocenters. The lowest BCUT2D eigenvalue weighted by molar-refractivity contribution is -0.151. The van der Waals surface area contributed by atoms with E-state index in [9.17, 15) is 19.2 Å². The van der Waals surface area contributed by atoms with Gasteiger partial charge in [-0.1, -0.05) is 78.9 Å². The molecule has 0 spiro atoms. The second-order valence-electron chi connectivity index (χ2n) is 11.2. The number of carbonyl (C=O) groups excluding carboxylic acids is 4. The lowest BCUT2D eigenvalue weighted by atomic mass is 9.53. The molecule has 3 aliphatic carbocycles. The maximum absolute atomic E-state index is 14.7. The van der Waals surface area contributed by atoms with Gasteiger partial charge in [0.05, 0.1) is 18.4 Å². The van der Waals surface area contributed by atoms with E-state index in [-0.39, 0.29) is 42.0 Å². The molecule has 218 valence electrons. The number of fused-ring (bicyclic) bond motifs is 1. The van der Waals surface area contributed by atoms with Crippen LogP contribution in [0.3, 0.4) is 0 Å². The fraction of sp³-hybridized carbons (Fsp3) is 0.353. The first-order chi connectivity index (χ1) is 20.3. The third kappa shape index (κ3) is 5.17. The smallest absolute Gasteiger partial charge is 0.242 e. The van der Waals surface area contributed by atoms with Crippen molar-refractivity contribution in [3.05, 3.63) is 107 Å². The summed E-state index contributed by atoms with van der Waals surface area (Å²) >= 11 is 0. The summed E-state index contributed by atoms with van der Waals surface area (Å²) in [6.07, 6.45) is 0.340. The average molecular weight is 567 g/mol. The number of nitrogens with one attached hydrogen (secondary N) is 2. The molecule has 0 heterocycles. The summed E-state index contributed by atoms with van der Waals surface area (Å²) in [5, 5.41) is 5.48. The second-order valence-corrected chi connectivity index (χ2v) is 11.2. The van der Waals surface area contributed by atoms with Gasteiger partial charge in [-0.25, -0.2) is 0 Å². The van der Waals surface area contributed by atoms with Gasteiger partial charge < -0.3 is 20.4 Å². The highest BCUT2D eigenvalue weighted by Gasteiger charge is 2.56. The molecule has 0 fully saturated rings. The van der Waals surface area contributed by atoms with Gasteiger partial charge in [0.15, 0.2) is 0 Å². The van der Waals surface area contributed by atoms with Crippen molar-refractivity contribution in [2.45, 2.75) is 31.2 Å². The zero-order chi connectivity index (χ0) is 30.0. The number of rotatable bonds is 9. The average Bonchev–Trinajstić information content (AvgIpc) is 3.02. The molecule has 3 aliphatic rings. The molecule has 3 aromatic rings. The van der Waals surface area contributed by atoms with Gasteiger partial charge in [-0.15, -0.1) is 0 Å². The van der Waals surface area contributed by atoms with Crippen LogP contribution in [0.15, 0.2) is 78.9 Å². The Morgan fingerprint density at radius 3 is 1.69 bits per heavy atom. The quantitative estimate of drug-likeness (QED) is 0.416. The Morgan fingerprint density at radius 2 is 1.21 bits per heavy atom. The lowest BCUT2D eigenvalue weighted by Gasteiger charge is -2.51. The molecule has 0 saturated heterocycles. The number of carbonyl (C=O) groups is 4. The van der Waals surface area contributed by atoms with Crippen LogP contribution >= 0.6 is 0 Å². The molecule has 0 unspecified atom stereocenters. The molecule has 2 N–H and O–H groups in total. The van der Waals surface area contributed by atoms with Crippen molar-refractivity contribution in [1.29, 1.82) is 0 Å². The Balaban J connectivity index is 1.60. The highest BCUT2D eigenvalue weighted by molar-refractivity contribution is 5.95. The van der Waals surface area contributed by atoms with Crippen molar-refractivity contribution in [2.24, 2.45) is 11.8 Å². The summed E-state index contributed by atoms with van der Waals surface area (Å²) in [7, 11) is 4.84. The Bertz CT molecular complexity index is 1440. The van der Waals surface area contributed by atoms with Crippen molar-refractivity contribution >= 4 is 23.6 Å². The van der Waals surface area contributed by atoms with Crippen LogP contribution in [0.5, 0.6) is 0 Å². The summed E-state index contributed by atoms with van der Waals surface area (Å²) in [5.41, 5.74) is 5.06. The van der Waals surface area contributed by atoms with E-state index >= 15 is 0 Å². The van der Waals surface area contributed by atoms with E-state index in [1.807, 2.05) is 85.8 Å². The summed E-state index contributed by atoms with van der Waals surface area (Å²) in [4.78, 5) is 57.7. The molecule has 0 aromatic heterocycles. The Morgan fingerprint density at radius 1 is 0.738 bits per heavy atom. The van der Waals surface area contributed by atoms with E-state index in [1.165, 1.54) is 9.80 Å². The first kappa shape index (κ1) is 29.0. The molecule has 42 heavy (non-hydrogen) atoms. The summed E-state index contributed by atoms with van der Waals surface area (Å²) in [6, 6.07) is 24.9. The van der Waals surface area contributed by atoms with Crippen LogP contribution in [-0.4, -0.2) is 73.7 Å². The first-order valence-electron chi connectivity index (χ1n) is 14.5. The zero-order valence-electron chi connectivity index (χ0n) is 24.5. The molecule has 2 bridgehead atoms. The van der Waals surface area contributed by atoms with E-state index in [2.05, 4.69) is 10.6 Å². The molecule has 3 aromatic carbocycles. The number of hydrogen-bond acceptors (Lipinski definition) is 4. The largest absolute Gasteiger partial charge is 0.357 e. The molecule has 0 saturated carbocycles. The van der Waals surface area contributed by atoms with Crippen LogP contribution in [0.1, 0.15) is 46.6 Å². The summed E-state index contributed by atoms with van der Waals surface area (Å²) in [5.74, 6) is -3.26. The zero-order valence-corrected chi connectivity index (χ0v) is 24.5. The lowest BCUT2D eigenvalue weighted by Crippen LogP contribution is -2.57. The number of amides is 4. The minimum atomic E-state index is -0.764. The maximum Gasteiger partial charge on any atom is 0.242 e. The third-order valence-corrected chi connectivity index (χ3v) is 8.77. The van der Waals surface area contributed by atoms with Crippen LogP contribution in [0.25, 0.3) is 0 Å². The van der Waals surface area contributed by atoms with Gasteiger partial charge in [-0.3, -0.25) is 19.2 Å². The number of likely N-dealkylation sites (N-methyl/N-ethyl adjacent to an activating group) is 4. The van der Waals surface area contributed by atoms with E-state index in [0.29, 0.717) is 13.0 Å². The van der Waals surface area contributed by atoms with Crippen molar-refractivity contribution in [3.8, 4) is 0 Å². The van der Waals surface area contributed by atoms with E-state index < -0.39 is 17.9 Å². The van der Waals surface area contributed by atoms with E-state index in [4.69, 9.17) is 0 Å². The summed E-state index contributed by atoms with van der Waals surface area (Å²) < 4.78 is 0. The molecule has 8 nitrogen and oxygen atoms in total. The van der Waals surface area contributed by atoms with Crippen molar-refractivity contribution in [1.82, 2.24) is 20.4 Å². The van der Waals surface area contributed by atoms with Crippen LogP contribution in [-0.2, 0) is 25.6 Å². The van der Waals surface area contributed by atoms with Crippen LogP contribution in [0, 0.1) is 11.8 Å². The van der Waals surface area contributed by atoms with Gasteiger partial charge in [0.25, 0.3) is 0 Å². The van der Waals surface area contributed by atoms with Crippen LogP contribution < -0.4 is 10.6 Å². The van der Waals surface area contributed by atoms with Gasteiger partial charge in [-0.05, 0) is 34.7 Å². The highest BCUT2D eigenvalue weighted by Crippen LogP contribution is 2.59. The van der Waals surface area contributed by atoms with Crippen LogP contribution in [0.2, 0.25) is 0 Å². The fourth-order valence-electron chi connectivity index (χ4n) is 6.87. The number of hydrogen-bond donors (Lipinski definition) is 2. The summed E-state index contributed by atoms with van der Waals surface area (Å²) in [6.45, 7) is 2.19. The molecular weight excluding hydrogens is 528 g/mol. The Hall–Kier alpha value is -4.46. The first-order valence-corrected chi connectivity index (χ1v) is 14.5. The molecule has 8 heteroatoms. The normalized spacial score (nSPS) is 20.5. The maximum atomic E-state index is 14.7. The predicted molar refractivity (Wildman–Crippen MR) is 161 cm³/mol. The van der Waals surface area contributed by atoms with Crippen molar-refractivity contribution in [2.75, 3.05) is 34.2 Å². The number of nitrogens with zero attached hydrogens (tertiary/aromatic N) is 2. The number of benzene rings is 3. The van der Waals surface area contributed by atoms with E-state index in [0.717, 1.165) is 27.8 Å². The topological polar surface area (TPSA) is 98.8 Å². The van der Waals surface area contributed by atoms with Crippen molar-refractivity contribution < 1.29 is 19.2 Å². The Labute approximate surface area is 247 Å². The van der Waals surface area contributed by atoms with Gasteiger partial charge in [0.2, 0.25) is 23.6 Å². The molecular formula is C34H38N4O4. The van der Waals surface area contributed by atoms with Gasteiger partial charge in [0, 0.05) is 45.9 Å². The van der Waals surface area contributed by atoms with Gasteiger partial charge in [-0.2, -0.15) is 0 Å². The second kappa shape index (κ2) is 12.2. The Kier molecular flexibility index (Phi) is 8.43. The van der Waals surface area contributed by atoms with Gasteiger partial charge in [0.1, 0.15) is 6.04 Å². The predicted octanol–water partition coefficient (Wildman–Crippen LogP) is 2.92. The minimum absolute atomic E-state index is 0.102. The standard InChI is InChI=1S/C34H38N4O4/c1-5-36-27(39)20-37(3)33(41)30-28-22-15-9-11-17-24(22)29(25-18-12-10-16-23(25)28)31(30)34(42)38(4)26(32(40)35-2)19-21-13-7-6-8-14-21/h6-18,26,28-31H,5,19-20H2,1-4H3,(H,35,40)(H,36,39)/t26-,28?,29?,30-,31+/m0/s1. The van der Waals surface area contributed by atoms with Gasteiger partial charge >= 0.3 is 0 Å². The third-order valence-electron chi connectivity index (χ3n) is 8.77. The van der Waals surface area contributed by atoms with E-state index in [1.54, 1.807) is 21.1 Å². The molecule has 0 radical (unpaired) electrons. The monoisotopic (exact) mass is 566 g/mol.